The number of benzene rings is 2. The normalized spacial score (nSPS) is 19.5. The maximum atomic E-state index is 14.1. The second kappa shape index (κ2) is 19.9. The number of hydrogen-bond donors (Lipinski definition) is 4. The Bertz CT molecular complexity index is 2430. The molecular weight excluding hydrogens is 825 g/mol. The summed E-state index contributed by atoms with van der Waals surface area (Å²) in [6.45, 7) is 9.53. The van der Waals surface area contributed by atoms with Crippen LogP contribution in [0.4, 0.5) is 9.59 Å². The van der Waals surface area contributed by atoms with Gasteiger partial charge in [0.15, 0.2) is 0 Å². The van der Waals surface area contributed by atoms with Crippen LogP contribution in [0.1, 0.15) is 104 Å². The Labute approximate surface area is 371 Å². The van der Waals surface area contributed by atoms with Gasteiger partial charge in [-0.05, 0) is 55.4 Å². The zero-order valence-corrected chi connectivity index (χ0v) is 37.2. The maximum Gasteiger partial charge on any atom is 0.407 e. The van der Waals surface area contributed by atoms with E-state index in [0.717, 1.165) is 17.7 Å². The van der Waals surface area contributed by atoms with Crippen LogP contribution in [0.5, 0.6) is 0 Å². The van der Waals surface area contributed by atoms with Gasteiger partial charge in [0.2, 0.25) is 11.8 Å². The lowest BCUT2D eigenvalue weighted by molar-refractivity contribution is -0.136. The predicted molar refractivity (Wildman–Crippen MR) is 233 cm³/mol. The van der Waals surface area contributed by atoms with Crippen LogP contribution in [0.2, 0.25) is 0 Å². The number of H-pyrrole nitrogens is 2. The number of carbonyl (C=O) groups excluding carboxylic acids is 5. The van der Waals surface area contributed by atoms with Gasteiger partial charge in [0.1, 0.15) is 23.7 Å². The number of carbonyl (C=O) groups is 5. The fourth-order valence-electron chi connectivity index (χ4n) is 8.48. The first-order valence-corrected chi connectivity index (χ1v) is 21.6. The molecule has 340 valence electrons. The summed E-state index contributed by atoms with van der Waals surface area (Å²) in [5.41, 5.74) is 4.73. The second-order valence-corrected chi connectivity index (χ2v) is 16.9. The molecule has 4 aromatic rings. The molecule has 3 aliphatic heterocycles. The van der Waals surface area contributed by atoms with Crippen molar-refractivity contribution < 1.29 is 47.7 Å². The van der Waals surface area contributed by atoms with E-state index < -0.39 is 36.3 Å². The Kier molecular flexibility index (Phi) is 14.2. The molecule has 0 saturated carbocycles. The maximum absolute atomic E-state index is 14.1. The standard InChI is InChI=1S/C46H56N8O10/c1-25(2)37(51-45(58)61-6)42(55)53-17-8-10-35(53)40-47-32-20-29(31(44(57)60-5)22-33(32)48-40)16-13-27-11-14-28(15-12-27)39-34-24-63-18-9-19-64-30-21-36(41(49-34)50-39)54(23-30)43(56)38(26(3)4)52-46(59)62-7/h11-12,14-15,20,22,25-26,30,35-38H,8-10,17-19,21,23-24H2,1-7H3,(H,47,48)(H,49,50)(H,51,58)(H,52,59)/t30-,35-,36-,37-,38-/m0/s1. The quantitative estimate of drug-likeness (QED) is 0.0976. The molecule has 3 aliphatic rings. The Morgan fingerprint density at radius 1 is 0.797 bits per heavy atom. The van der Waals surface area contributed by atoms with Gasteiger partial charge in [-0.25, -0.2) is 24.4 Å². The lowest BCUT2D eigenvalue weighted by Gasteiger charge is -2.29. The molecule has 18 heteroatoms. The van der Waals surface area contributed by atoms with E-state index in [0.29, 0.717) is 85.1 Å². The van der Waals surface area contributed by atoms with Crippen LogP contribution in [0.3, 0.4) is 0 Å². The molecule has 64 heavy (non-hydrogen) atoms. The molecule has 5 atom stereocenters. The molecule has 0 radical (unpaired) electrons. The Morgan fingerprint density at radius 2 is 1.47 bits per heavy atom. The minimum Gasteiger partial charge on any atom is -0.465 e. The SMILES string of the molecule is COC(=O)N[C@H](C(=O)N1C[C@@H]2C[C@H]1c1nc(-c3ccc(C#Cc4cc5[nH]c([C@@H]6CCCN6C(=O)[C@@H](NC(=O)OC)C(C)C)nc5cc4C(=O)OC)cc3)c([nH]1)COCCCO2)C(C)C. The predicted octanol–water partition coefficient (Wildman–Crippen LogP) is 5.14. The Hall–Kier alpha value is -6.45. The number of methoxy groups -OCH3 is 3. The molecule has 4 amide bonds. The number of alkyl carbamates (subject to hydrolysis) is 2. The van der Waals surface area contributed by atoms with Gasteiger partial charge in [-0.2, -0.15) is 0 Å². The van der Waals surface area contributed by atoms with E-state index in [1.807, 2.05) is 52.0 Å². The Balaban J connectivity index is 1.15. The highest BCUT2D eigenvalue weighted by Gasteiger charge is 2.43. The molecule has 4 N–H and O–H groups in total. The van der Waals surface area contributed by atoms with Crippen LogP contribution in [0.25, 0.3) is 22.3 Å². The van der Waals surface area contributed by atoms with Crippen molar-refractivity contribution in [3.8, 4) is 23.1 Å². The van der Waals surface area contributed by atoms with E-state index in [2.05, 4.69) is 32.4 Å². The minimum absolute atomic E-state index is 0.180. The van der Waals surface area contributed by atoms with Gasteiger partial charge >= 0.3 is 18.2 Å². The van der Waals surface area contributed by atoms with E-state index >= 15 is 0 Å². The zero-order valence-electron chi connectivity index (χ0n) is 37.2. The third kappa shape index (κ3) is 9.85. The average Bonchev–Trinajstić information content (AvgIpc) is 4.12. The number of aromatic amines is 2. The number of rotatable bonds is 9. The van der Waals surface area contributed by atoms with Crippen molar-refractivity contribution in [2.24, 2.45) is 11.8 Å². The third-order valence-corrected chi connectivity index (χ3v) is 11.9. The van der Waals surface area contributed by atoms with Crippen LogP contribution in [-0.2, 0) is 39.9 Å². The molecule has 0 unspecified atom stereocenters. The molecule has 7 rings (SSSR count). The first kappa shape index (κ1) is 45.6. The van der Waals surface area contributed by atoms with Crippen molar-refractivity contribution >= 4 is 41.0 Å². The summed E-state index contributed by atoms with van der Waals surface area (Å²) in [5, 5.41) is 5.37. The molecule has 0 spiro atoms. The van der Waals surface area contributed by atoms with Crippen molar-refractivity contribution in [2.75, 3.05) is 47.6 Å². The highest BCUT2D eigenvalue weighted by Crippen LogP contribution is 2.37. The largest absolute Gasteiger partial charge is 0.465 e. The van der Waals surface area contributed by atoms with Gasteiger partial charge < -0.3 is 54.1 Å². The summed E-state index contributed by atoms with van der Waals surface area (Å²) < 4.78 is 26.9. The van der Waals surface area contributed by atoms with Gasteiger partial charge in [0.25, 0.3) is 0 Å². The molecular formula is C46H56N8O10. The van der Waals surface area contributed by atoms with Crippen LogP contribution in [0, 0.1) is 23.7 Å². The number of amides is 4. The number of fused-ring (bicyclic) bond motifs is 6. The minimum atomic E-state index is -0.806. The van der Waals surface area contributed by atoms with E-state index in [-0.39, 0.29) is 48.0 Å². The molecule has 2 aromatic carbocycles. The number of likely N-dealkylation sites (tertiary alicyclic amines) is 2. The molecule has 2 saturated heterocycles. The number of hydrogen-bond acceptors (Lipinski definition) is 12. The fourth-order valence-corrected chi connectivity index (χ4v) is 8.48. The summed E-state index contributed by atoms with van der Waals surface area (Å²) in [5.74, 6) is 6.07. The lowest BCUT2D eigenvalue weighted by Crippen LogP contribution is -2.51. The van der Waals surface area contributed by atoms with Crippen LogP contribution in [-0.4, -0.2) is 126 Å². The van der Waals surface area contributed by atoms with E-state index in [4.69, 9.17) is 33.7 Å². The van der Waals surface area contributed by atoms with Crippen molar-refractivity contribution in [3.05, 3.63) is 70.4 Å². The number of imidazole rings is 2. The highest BCUT2D eigenvalue weighted by molar-refractivity contribution is 5.97. The third-order valence-electron chi connectivity index (χ3n) is 11.9. The molecule has 18 nitrogen and oxygen atoms in total. The van der Waals surface area contributed by atoms with Crippen LogP contribution >= 0.6 is 0 Å². The van der Waals surface area contributed by atoms with Crippen LogP contribution < -0.4 is 10.6 Å². The first-order chi connectivity index (χ1) is 30.8. The van der Waals surface area contributed by atoms with Gasteiger partial charge in [-0.1, -0.05) is 51.7 Å². The smallest absolute Gasteiger partial charge is 0.407 e. The topological polar surface area (TPSA) is 219 Å². The first-order valence-electron chi connectivity index (χ1n) is 21.6. The van der Waals surface area contributed by atoms with Gasteiger partial charge in [-0.15, -0.1) is 0 Å². The molecule has 4 bridgehead atoms. The number of ether oxygens (including phenoxy) is 5. The van der Waals surface area contributed by atoms with Gasteiger partial charge in [-0.3, -0.25) is 9.59 Å². The molecule has 0 aliphatic carbocycles. The number of nitrogens with one attached hydrogen (secondary N) is 4. The van der Waals surface area contributed by atoms with Crippen molar-refractivity contribution in [3.63, 3.8) is 0 Å². The van der Waals surface area contributed by atoms with E-state index in [9.17, 15) is 24.0 Å². The van der Waals surface area contributed by atoms with E-state index in [1.54, 1.807) is 21.9 Å². The van der Waals surface area contributed by atoms with Crippen molar-refractivity contribution in [1.29, 1.82) is 0 Å². The summed E-state index contributed by atoms with van der Waals surface area (Å²) >= 11 is 0. The second-order valence-electron chi connectivity index (χ2n) is 16.9. The van der Waals surface area contributed by atoms with Crippen molar-refractivity contribution in [2.45, 2.75) is 90.3 Å². The fraction of sp³-hybridized carbons (Fsp3) is 0.500. The summed E-state index contributed by atoms with van der Waals surface area (Å²) in [6.07, 6.45) is 1.05. The van der Waals surface area contributed by atoms with Crippen LogP contribution in [0.15, 0.2) is 36.4 Å². The molecule has 5 heterocycles. The van der Waals surface area contributed by atoms with Gasteiger partial charge in [0.05, 0.1) is 74.1 Å². The highest BCUT2D eigenvalue weighted by atomic mass is 16.5. The van der Waals surface area contributed by atoms with E-state index in [1.165, 1.54) is 21.3 Å². The average molecular weight is 881 g/mol. The Morgan fingerprint density at radius 3 is 2.12 bits per heavy atom. The monoisotopic (exact) mass is 880 g/mol. The number of esters is 1. The zero-order chi connectivity index (χ0) is 45.7. The summed E-state index contributed by atoms with van der Waals surface area (Å²) in [7, 11) is 3.83. The van der Waals surface area contributed by atoms with Crippen molar-refractivity contribution in [1.82, 2.24) is 40.4 Å². The number of aromatic nitrogens is 4. The summed E-state index contributed by atoms with van der Waals surface area (Å²) in [6, 6.07) is 8.56. The number of nitrogens with zero attached hydrogens (tertiary/aromatic N) is 4. The molecule has 2 fully saturated rings. The molecule has 2 aromatic heterocycles. The lowest BCUT2D eigenvalue weighted by atomic mass is 10.0. The van der Waals surface area contributed by atoms with Gasteiger partial charge in [0, 0.05) is 49.4 Å². The summed E-state index contributed by atoms with van der Waals surface area (Å²) in [4.78, 5) is 85.3.